The number of ether oxygens (including phenoxy) is 5. The number of hydrogen-bond acceptors (Lipinski definition) is 13. The third kappa shape index (κ3) is 4.59. The van der Waals surface area contributed by atoms with Gasteiger partial charge in [-0.2, -0.15) is 0 Å². The number of anilines is 1. The van der Waals surface area contributed by atoms with E-state index in [1.54, 1.807) is 0 Å². The van der Waals surface area contributed by atoms with Crippen molar-refractivity contribution in [2.24, 2.45) is 5.41 Å². The lowest BCUT2D eigenvalue weighted by Crippen LogP contribution is -2.81. The van der Waals surface area contributed by atoms with Gasteiger partial charge in [0, 0.05) is 84.3 Å². The van der Waals surface area contributed by atoms with Crippen LogP contribution in [0.15, 0.2) is 48.6 Å². The first-order valence-corrected chi connectivity index (χ1v) is 19.9. The molecule has 9 rings (SSSR count). The number of cyclic esters (lactones) is 2. The van der Waals surface area contributed by atoms with Gasteiger partial charge >= 0.3 is 30.0 Å². The topological polar surface area (TPSA) is 177 Å². The first kappa shape index (κ1) is 38.1. The van der Waals surface area contributed by atoms with Crippen molar-refractivity contribution in [3.8, 4) is 5.75 Å². The van der Waals surface area contributed by atoms with Crippen molar-refractivity contribution in [1.29, 1.82) is 0 Å². The van der Waals surface area contributed by atoms with Crippen LogP contribution in [0.3, 0.4) is 0 Å². The lowest BCUT2D eigenvalue weighted by Gasteiger charge is -2.63. The standard InChI is InChI=1S/C43H48N4O11/c1-7-40-14-10-17-46-19-16-42(34(40)46)26-21-27(31(54-4)22-29(26)45(3)35(42)43(53,38(51)56-6)36(40)57-23(2)48)41(37(50)55-5)15-11-18-47-30(33(49)58-39(47)52)20-25-24-12-8-9-13-28(24)44-32(25)41/h8-10,12-14,21-22,30,34-36,44,53H,7,11,15-20H2,1-6H3/t30-,34-,35+,36+,40+,41+,42+,43-/m0/s1. The third-order valence-corrected chi connectivity index (χ3v) is 14.4. The molecule has 1 spiro atoms. The predicted octanol–water partition coefficient (Wildman–Crippen LogP) is 3.27. The lowest BCUT2D eigenvalue weighted by molar-refractivity contribution is -0.228. The molecular weight excluding hydrogens is 748 g/mol. The molecule has 306 valence electrons. The number of amides is 1. The van der Waals surface area contributed by atoms with Crippen LogP contribution in [0.4, 0.5) is 10.5 Å². The van der Waals surface area contributed by atoms with E-state index in [9.17, 15) is 24.3 Å². The zero-order valence-corrected chi connectivity index (χ0v) is 33.5. The molecule has 58 heavy (non-hydrogen) atoms. The second-order valence-corrected chi connectivity index (χ2v) is 16.6. The van der Waals surface area contributed by atoms with E-state index in [0.29, 0.717) is 54.2 Å². The molecule has 1 amide bonds. The van der Waals surface area contributed by atoms with Crippen molar-refractivity contribution in [3.63, 3.8) is 0 Å². The fourth-order valence-electron chi connectivity index (χ4n) is 12.4. The first-order valence-electron chi connectivity index (χ1n) is 19.9. The molecule has 6 aliphatic rings. The van der Waals surface area contributed by atoms with Crippen LogP contribution in [0.2, 0.25) is 0 Å². The molecule has 3 fully saturated rings. The Morgan fingerprint density at radius 1 is 1.00 bits per heavy atom. The van der Waals surface area contributed by atoms with E-state index >= 15 is 4.79 Å². The first-order chi connectivity index (χ1) is 27.8. The van der Waals surface area contributed by atoms with Crippen molar-refractivity contribution in [2.75, 3.05) is 52.9 Å². The molecule has 1 aromatic heterocycles. The number of aliphatic hydroxyl groups is 1. The third-order valence-electron chi connectivity index (χ3n) is 14.4. The minimum atomic E-state index is -2.35. The summed E-state index contributed by atoms with van der Waals surface area (Å²) in [5.41, 5.74) is -2.06. The summed E-state index contributed by atoms with van der Waals surface area (Å²) in [6.45, 7) is 4.61. The normalized spacial score (nSPS) is 33.5. The average molecular weight is 797 g/mol. The minimum Gasteiger partial charge on any atom is -0.496 e. The van der Waals surface area contributed by atoms with Crippen LogP contribution in [-0.4, -0.2) is 128 Å². The Labute approximate surface area is 335 Å². The van der Waals surface area contributed by atoms with Crippen molar-refractivity contribution < 1.29 is 52.8 Å². The Balaban J connectivity index is 1.35. The average Bonchev–Trinajstić information content (AvgIpc) is 3.94. The predicted molar refractivity (Wildman–Crippen MR) is 207 cm³/mol. The summed E-state index contributed by atoms with van der Waals surface area (Å²) in [5, 5.41) is 14.0. The molecule has 1 aliphatic carbocycles. The van der Waals surface area contributed by atoms with Gasteiger partial charge in [0.05, 0.1) is 27.4 Å². The van der Waals surface area contributed by atoms with E-state index in [1.807, 2.05) is 67.4 Å². The van der Waals surface area contributed by atoms with Gasteiger partial charge in [-0.1, -0.05) is 37.3 Å². The van der Waals surface area contributed by atoms with Crippen molar-refractivity contribution in [3.05, 3.63) is 70.9 Å². The number of para-hydroxylation sites is 1. The number of likely N-dealkylation sites (N-methyl/N-ethyl adjacent to an activating group) is 1. The van der Waals surface area contributed by atoms with E-state index in [-0.39, 0.29) is 31.8 Å². The summed E-state index contributed by atoms with van der Waals surface area (Å²) >= 11 is 0. The lowest BCUT2D eigenvalue weighted by atomic mass is 9.47. The number of H-pyrrole nitrogens is 1. The molecule has 1 saturated carbocycles. The van der Waals surface area contributed by atoms with Gasteiger partial charge in [-0.3, -0.25) is 19.4 Å². The maximum Gasteiger partial charge on any atom is 0.418 e. The molecule has 0 bridgehead atoms. The Bertz CT molecular complexity index is 2320. The number of aromatic nitrogens is 1. The number of carbonyl (C=O) groups excluding carboxylic acids is 5. The fourth-order valence-corrected chi connectivity index (χ4v) is 12.4. The van der Waals surface area contributed by atoms with Crippen molar-refractivity contribution in [2.45, 2.75) is 86.6 Å². The second kappa shape index (κ2) is 13.0. The molecule has 0 unspecified atom stereocenters. The fraction of sp³-hybridized carbons (Fsp3) is 0.512. The number of esters is 4. The SMILES string of the molecule is CC[C@]12C=CCN3CC[C@@]4(c5cc([C@]6(C(=O)OC)CCCN7C(=O)OC(=O)[C@@H]7Cc7c6[nH]c6ccccc76)c(OC)cc5N(C)[C@H]4[C@@](O)(C(=O)OC)[C@@H]1OC(C)=O)[C@@H]32. The van der Waals surface area contributed by atoms with Gasteiger partial charge in [-0.25, -0.2) is 14.4 Å². The minimum absolute atomic E-state index is 0.0801. The summed E-state index contributed by atoms with van der Waals surface area (Å²) in [6.07, 6.45) is 3.43. The summed E-state index contributed by atoms with van der Waals surface area (Å²) in [5.74, 6) is -2.43. The monoisotopic (exact) mass is 796 g/mol. The smallest absolute Gasteiger partial charge is 0.418 e. The Hall–Kier alpha value is -5.41. The number of benzene rings is 2. The number of aromatic amines is 1. The summed E-state index contributed by atoms with van der Waals surface area (Å²) in [7, 11) is 5.89. The van der Waals surface area contributed by atoms with E-state index < -0.39 is 70.0 Å². The Morgan fingerprint density at radius 2 is 1.76 bits per heavy atom. The highest BCUT2D eigenvalue weighted by Crippen LogP contribution is 2.68. The number of rotatable bonds is 6. The number of carbonyl (C=O) groups is 5. The van der Waals surface area contributed by atoms with Gasteiger partial charge in [0.2, 0.25) is 5.60 Å². The zero-order chi connectivity index (χ0) is 41.1. The van der Waals surface area contributed by atoms with E-state index in [4.69, 9.17) is 23.7 Å². The Morgan fingerprint density at radius 3 is 2.47 bits per heavy atom. The van der Waals surface area contributed by atoms with Crippen LogP contribution in [-0.2, 0) is 55.4 Å². The maximum atomic E-state index is 15.0. The van der Waals surface area contributed by atoms with Crippen LogP contribution in [0, 0.1) is 5.41 Å². The molecule has 2 N–H and O–H groups in total. The van der Waals surface area contributed by atoms with Gasteiger partial charge in [0.15, 0.2) is 6.10 Å². The Kier molecular flexibility index (Phi) is 8.58. The number of nitrogens with zero attached hydrogens (tertiary/aromatic N) is 3. The van der Waals surface area contributed by atoms with Crippen LogP contribution in [0.25, 0.3) is 10.9 Å². The van der Waals surface area contributed by atoms with Crippen LogP contribution in [0.1, 0.15) is 61.9 Å². The highest BCUT2D eigenvalue weighted by Gasteiger charge is 2.80. The molecule has 0 radical (unpaired) electrons. The largest absolute Gasteiger partial charge is 0.496 e. The van der Waals surface area contributed by atoms with E-state index in [2.05, 4.69) is 9.88 Å². The number of fused-ring (bicyclic) bond motifs is 5. The second-order valence-electron chi connectivity index (χ2n) is 16.6. The van der Waals surface area contributed by atoms with Crippen molar-refractivity contribution in [1.82, 2.24) is 14.8 Å². The molecule has 8 atom stereocenters. The molecule has 2 aromatic carbocycles. The van der Waals surface area contributed by atoms with Gasteiger partial charge in [-0.15, -0.1) is 0 Å². The van der Waals surface area contributed by atoms with Crippen molar-refractivity contribution >= 4 is 46.6 Å². The zero-order valence-electron chi connectivity index (χ0n) is 33.5. The molecule has 2 saturated heterocycles. The summed E-state index contributed by atoms with van der Waals surface area (Å²) < 4.78 is 28.6. The van der Waals surface area contributed by atoms with E-state index in [0.717, 1.165) is 16.5 Å². The molecular formula is C43H48N4O11. The summed E-state index contributed by atoms with van der Waals surface area (Å²) in [6, 6.07) is 9.17. The number of hydrogen-bond donors (Lipinski definition) is 2. The van der Waals surface area contributed by atoms with Gasteiger partial charge in [-0.05, 0) is 55.5 Å². The van der Waals surface area contributed by atoms with Crippen LogP contribution in [0.5, 0.6) is 5.75 Å². The quantitative estimate of drug-likeness (QED) is 0.161. The van der Waals surface area contributed by atoms with Crippen LogP contribution >= 0.6 is 0 Å². The van der Waals surface area contributed by atoms with Gasteiger partial charge < -0.3 is 38.7 Å². The van der Waals surface area contributed by atoms with Crippen LogP contribution < -0.4 is 9.64 Å². The van der Waals surface area contributed by atoms with Gasteiger partial charge in [0.25, 0.3) is 0 Å². The molecule has 15 heteroatoms. The summed E-state index contributed by atoms with van der Waals surface area (Å²) in [4.78, 5) is 77.7. The van der Waals surface area contributed by atoms with Gasteiger partial charge in [0.1, 0.15) is 17.2 Å². The number of methoxy groups -OCH3 is 3. The highest BCUT2D eigenvalue weighted by atomic mass is 16.6. The maximum absolute atomic E-state index is 15.0. The molecule has 15 nitrogen and oxygen atoms in total. The molecule has 6 heterocycles. The molecule has 5 aliphatic heterocycles. The van der Waals surface area contributed by atoms with E-state index in [1.165, 1.54) is 33.2 Å². The number of nitrogens with one attached hydrogen (secondary N) is 1. The highest BCUT2D eigenvalue weighted by molar-refractivity contribution is 5.98. The molecule has 3 aromatic rings.